The Morgan fingerprint density at radius 1 is 1.28 bits per heavy atom. The molecule has 2 atom stereocenters. The Morgan fingerprint density at radius 2 is 2.17 bits per heavy atom. The quantitative estimate of drug-likeness (QED) is 0.592. The molecule has 1 amide bonds. The van der Waals surface area contributed by atoms with E-state index in [1.54, 1.807) is 0 Å². The second kappa shape index (κ2) is 7.08. The summed E-state index contributed by atoms with van der Waals surface area (Å²) in [7, 11) is 0. The molecule has 0 saturated carbocycles. The van der Waals surface area contributed by atoms with E-state index in [4.69, 9.17) is 4.99 Å². The number of fused-ring (bicyclic) bond motifs is 2. The summed E-state index contributed by atoms with van der Waals surface area (Å²) in [5.74, 6) is 1.11. The fourth-order valence-corrected chi connectivity index (χ4v) is 4.47. The SMILES string of the molecule is CC1Nc2cccc3c2N=C1N(CCO)CC=CCC1CNC(=O)c2cc-3[nH]c21. The van der Waals surface area contributed by atoms with Crippen LogP contribution in [0.2, 0.25) is 0 Å². The first kappa shape index (κ1) is 18.0. The van der Waals surface area contributed by atoms with Crippen LogP contribution in [0.5, 0.6) is 0 Å². The number of aliphatic hydroxyl groups is 1. The van der Waals surface area contributed by atoms with Crippen molar-refractivity contribution in [1.82, 2.24) is 15.2 Å². The second-order valence-electron chi connectivity index (χ2n) is 7.83. The average Bonchev–Trinajstić information content (AvgIpc) is 3.17. The zero-order chi connectivity index (χ0) is 20.0. The molecular weight excluding hydrogens is 366 g/mol. The van der Waals surface area contributed by atoms with Crippen LogP contribution in [0, 0.1) is 0 Å². The molecule has 0 saturated heterocycles. The van der Waals surface area contributed by atoms with Gasteiger partial charge in [0.1, 0.15) is 5.84 Å². The van der Waals surface area contributed by atoms with E-state index in [1.165, 1.54) is 0 Å². The number of nitrogens with zero attached hydrogens (tertiary/aromatic N) is 2. The van der Waals surface area contributed by atoms with Crippen molar-refractivity contribution in [2.24, 2.45) is 4.99 Å². The Balaban J connectivity index is 1.71. The molecule has 5 rings (SSSR count). The number of amidine groups is 1. The van der Waals surface area contributed by atoms with Gasteiger partial charge in [0.05, 0.1) is 29.6 Å². The van der Waals surface area contributed by atoms with E-state index in [1.807, 2.05) is 24.3 Å². The number of aliphatic imine (C=N–C) groups is 1. The number of aliphatic hydroxyl groups excluding tert-OH is 1. The topological polar surface area (TPSA) is 92.8 Å². The van der Waals surface area contributed by atoms with Crippen molar-refractivity contribution in [2.75, 3.05) is 31.6 Å². The molecule has 3 aliphatic heterocycles. The Hall–Kier alpha value is -3.06. The minimum Gasteiger partial charge on any atom is -0.395 e. The first-order valence-electron chi connectivity index (χ1n) is 10.2. The normalized spacial score (nSPS) is 22.6. The zero-order valence-corrected chi connectivity index (χ0v) is 16.4. The molecule has 3 aliphatic rings. The van der Waals surface area contributed by atoms with Crippen LogP contribution in [0.15, 0.2) is 41.4 Å². The molecule has 29 heavy (non-hydrogen) atoms. The molecule has 0 fully saturated rings. The van der Waals surface area contributed by atoms with Crippen LogP contribution in [0.4, 0.5) is 11.4 Å². The van der Waals surface area contributed by atoms with Crippen molar-refractivity contribution in [3.05, 3.63) is 47.7 Å². The molecule has 1 aromatic heterocycles. The number of aromatic amines is 1. The van der Waals surface area contributed by atoms with Crippen LogP contribution >= 0.6 is 0 Å². The fourth-order valence-electron chi connectivity index (χ4n) is 4.47. The third-order valence-corrected chi connectivity index (χ3v) is 5.93. The number of carbonyl (C=O) groups excluding carboxylic acids is 1. The molecule has 0 spiro atoms. The standard InChI is InChI=1S/C22H25N5O2/c1-13-21-26-20-15(6-4-7-17(20)24-13)18-11-16-19(25-18)14(12-23-22(16)29)5-2-3-8-27(21)9-10-28/h2-4,6-7,11,13-14,24-25,28H,5,8-10,12H2,1H3,(H,23,29). The van der Waals surface area contributed by atoms with Crippen LogP contribution < -0.4 is 10.6 Å². The smallest absolute Gasteiger partial charge is 0.253 e. The summed E-state index contributed by atoms with van der Waals surface area (Å²) in [5.41, 5.74) is 5.44. The van der Waals surface area contributed by atoms with Gasteiger partial charge in [-0.25, -0.2) is 4.99 Å². The van der Waals surface area contributed by atoms with E-state index in [9.17, 15) is 9.90 Å². The van der Waals surface area contributed by atoms with Crippen LogP contribution in [-0.2, 0) is 0 Å². The number of amides is 1. The number of β-amino-alcohol motifs (C(OH)–C–C–N with tert-alkyl or cyclic N) is 1. The number of hydrogen-bond acceptors (Lipinski definition) is 5. The van der Waals surface area contributed by atoms with Gasteiger partial charge in [0.15, 0.2) is 0 Å². The lowest BCUT2D eigenvalue weighted by Gasteiger charge is -2.33. The van der Waals surface area contributed by atoms with Gasteiger partial charge in [-0.05, 0) is 25.5 Å². The molecule has 4 N–H and O–H groups in total. The summed E-state index contributed by atoms with van der Waals surface area (Å²) in [5, 5.41) is 16.1. The van der Waals surface area contributed by atoms with Crippen molar-refractivity contribution >= 4 is 23.1 Å². The molecule has 2 aromatic rings. The number of allylic oxidation sites excluding steroid dienone is 1. The molecule has 150 valence electrons. The molecule has 7 heteroatoms. The summed E-state index contributed by atoms with van der Waals surface area (Å²) >= 11 is 0. The van der Waals surface area contributed by atoms with Gasteiger partial charge in [-0.1, -0.05) is 24.3 Å². The highest BCUT2D eigenvalue weighted by atomic mass is 16.3. The Bertz CT molecular complexity index is 1020. The highest BCUT2D eigenvalue weighted by molar-refractivity contribution is 6.02. The molecule has 0 aliphatic carbocycles. The van der Waals surface area contributed by atoms with Crippen LogP contribution in [-0.4, -0.2) is 59.0 Å². The predicted molar refractivity (Wildman–Crippen MR) is 114 cm³/mol. The van der Waals surface area contributed by atoms with Crippen LogP contribution in [0.3, 0.4) is 0 Å². The number of H-pyrrole nitrogens is 1. The molecule has 0 radical (unpaired) electrons. The Labute approximate surface area is 169 Å². The molecule has 4 bridgehead atoms. The lowest BCUT2D eigenvalue weighted by Crippen LogP contribution is -2.44. The van der Waals surface area contributed by atoms with E-state index >= 15 is 0 Å². The van der Waals surface area contributed by atoms with Crippen molar-refractivity contribution in [3.63, 3.8) is 0 Å². The van der Waals surface area contributed by atoms with Gasteiger partial charge in [-0.2, -0.15) is 0 Å². The molecule has 4 heterocycles. The van der Waals surface area contributed by atoms with E-state index in [0.29, 0.717) is 19.6 Å². The Morgan fingerprint density at radius 3 is 3.03 bits per heavy atom. The number of nitrogens with one attached hydrogen (secondary N) is 3. The third kappa shape index (κ3) is 3.02. The van der Waals surface area contributed by atoms with Gasteiger partial charge in [0, 0.05) is 42.5 Å². The van der Waals surface area contributed by atoms with E-state index in [-0.39, 0.29) is 24.5 Å². The maximum absolute atomic E-state index is 12.4. The number of hydrogen-bond donors (Lipinski definition) is 4. The van der Waals surface area contributed by atoms with E-state index in [0.717, 1.165) is 46.1 Å². The number of benzene rings is 1. The summed E-state index contributed by atoms with van der Waals surface area (Å²) < 4.78 is 0. The first-order valence-corrected chi connectivity index (χ1v) is 10.2. The molecule has 1 aromatic carbocycles. The predicted octanol–water partition coefficient (Wildman–Crippen LogP) is 2.61. The van der Waals surface area contributed by atoms with Gasteiger partial charge in [0.2, 0.25) is 0 Å². The van der Waals surface area contributed by atoms with Crippen LogP contribution in [0.1, 0.15) is 35.3 Å². The number of carbonyl (C=O) groups is 1. The lowest BCUT2D eigenvalue weighted by atomic mass is 9.94. The highest BCUT2D eigenvalue weighted by Gasteiger charge is 2.30. The van der Waals surface area contributed by atoms with Crippen molar-refractivity contribution in [2.45, 2.75) is 25.3 Å². The average molecular weight is 391 g/mol. The number of para-hydroxylation sites is 1. The van der Waals surface area contributed by atoms with Gasteiger partial charge in [0.25, 0.3) is 5.91 Å². The largest absolute Gasteiger partial charge is 0.395 e. The van der Waals surface area contributed by atoms with Crippen molar-refractivity contribution in [1.29, 1.82) is 0 Å². The third-order valence-electron chi connectivity index (χ3n) is 5.93. The monoisotopic (exact) mass is 391 g/mol. The van der Waals surface area contributed by atoms with E-state index < -0.39 is 0 Å². The van der Waals surface area contributed by atoms with Gasteiger partial charge in [-0.15, -0.1) is 0 Å². The summed E-state index contributed by atoms with van der Waals surface area (Å²) in [4.78, 5) is 23.1. The van der Waals surface area contributed by atoms with Gasteiger partial charge >= 0.3 is 0 Å². The van der Waals surface area contributed by atoms with Crippen molar-refractivity contribution in [3.8, 4) is 11.3 Å². The summed E-state index contributed by atoms with van der Waals surface area (Å²) in [6.45, 7) is 4.01. The van der Waals surface area contributed by atoms with Crippen LogP contribution in [0.25, 0.3) is 11.3 Å². The molecule has 7 nitrogen and oxygen atoms in total. The highest BCUT2D eigenvalue weighted by Crippen LogP contribution is 2.41. The maximum Gasteiger partial charge on any atom is 0.253 e. The first-order chi connectivity index (χ1) is 14.2. The summed E-state index contributed by atoms with van der Waals surface area (Å²) in [6.07, 6.45) is 5.13. The van der Waals surface area contributed by atoms with E-state index in [2.05, 4.69) is 39.6 Å². The van der Waals surface area contributed by atoms with Gasteiger partial charge < -0.3 is 25.6 Å². The van der Waals surface area contributed by atoms with Crippen molar-refractivity contribution < 1.29 is 9.90 Å². The maximum atomic E-state index is 12.4. The summed E-state index contributed by atoms with van der Waals surface area (Å²) in [6, 6.07) is 8.06. The van der Waals surface area contributed by atoms with Gasteiger partial charge in [-0.3, -0.25) is 4.79 Å². The Kier molecular flexibility index (Phi) is 4.39. The zero-order valence-electron chi connectivity index (χ0n) is 16.4. The minimum absolute atomic E-state index is 0.0234. The molecular formula is C22H25N5O2. The second-order valence-corrected chi connectivity index (χ2v) is 7.83. The number of aromatic nitrogens is 1. The fraction of sp³-hybridized carbons (Fsp3) is 0.364. The molecule has 2 unspecified atom stereocenters. The lowest BCUT2D eigenvalue weighted by molar-refractivity contribution is 0.0940. The minimum atomic E-state index is -0.0234. The number of anilines is 1. The number of rotatable bonds is 2.